The van der Waals surface area contributed by atoms with E-state index in [4.69, 9.17) is 4.74 Å². The first-order valence-corrected chi connectivity index (χ1v) is 23.7. The molecular weight excluding hydrogens is 683 g/mol. The molecule has 0 saturated carbocycles. The molecule has 0 saturated heterocycles. The van der Waals surface area contributed by atoms with Gasteiger partial charge in [0.25, 0.3) is 0 Å². The molecule has 322 valence electrons. The first-order chi connectivity index (χ1) is 27.0. The number of carbonyl (C=O) groups excluding carboxylic acids is 2. The number of amides is 1. The van der Waals surface area contributed by atoms with Crippen LogP contribution in [0.1, 0.15) is 239 Å². The summed E-state index contributed by atoms with van der Waals surface area (Å²) in [5, 5.41) is 23.6. The van der Waals surface area contributed by atoms with Crippen LogP contribution in [0.15, 0.2) is 36.5 Å². The molecule has 0 aliphatic rings. The third kappa shape index (κ3) is 38.7. The molecule has 0 heterocycles. The molecular formula is C49H91NO5. The normalized spacial score (nSPS) is 13.6. The van der Waals surface area contributed by atoms with Crippen molar-refractivity contribution < 1.29 is 24.5 Å². The van der Waals surface area contributed by atoms with Gasteiger partial charge in [0.15, 0.2) is 0 Å². The van der Waals surface area contributed by atoms with Crippen LogP contribution in [0.2, 0.25) is 0 Å². The summed E-state index contributed by atoms with van der Waals surface area (Å²) in [6.07, 6.45) is 49.2. The Morgan fingerprint density at radius 2 is 0.982 bits per heavy atom. The Labute approximate surface area is 341 Å². The Kier molecular flexibility index (Phi) is 41.7. The highest BCUT2D eigenvalue weighted by Crippen LogP contribution is 2.18. The summed E-state index contributed by atoms with van der Waals surface area (Å²) in [4.78, 5) is 26.0. The molecule has 0 rings (SSSR count). The van der Waals surface area contributed by atoms with Crippen LogP contribution in [0.3, 0.4) is 0 Å². The topological polar surface area (TPSA) is 95.9 Å². The molecule has 55 heavy (non-hydrogen) atoms. The first-order valence-electron chi connectivity index (χ1n) is 23.7. The van der Waals surface area contributed by atoms with Crippen molar-refractivity contribution in [1.82, 2.24) is 5.32 Å². The molecule has 0 aromatic carbocycles. The smallest absolute Gasteiger partial charge is 0.306 e. The zero-order chi connectivity index (χ0) is 40.3. The Bertz CT molecular complexity index is 915. The predicted molar refractivity (Wildman–Crippen MR) is 236 cm³/mol. The van der Waals surface area contributed by atoms with Crippen LogP contribution in [0, 0.1) is 0 Å². The molecule has 0 aliphatic carbocycles. The summed E-state index contributed by atoms with van der Waals surface area (Å²) >= 11 is 0. The second kappa shape index (κ2) is 43.2. The highest BCUT2D eigenvalue weighted by Gasteiger charge is 2.24. The predicted octanol–water partition coefficient (Wildman–Crippen LogP) is 13.7. The Morgan fingerprint density at radius 1 is 0.545 bits per heavy atom. The summed E-state index contributed by atoms with van der Waals surface area (Å²) in [6.45, 7) is 6.34. The van der Waals surface area contributed by atoms with E-state index in [1.54, 1.807) is 0 Å². The second-order valence-corrected chi connectivity index (χ2v) is 16.1. The number of nitrogens with one attached hydrogen (secondary N) is 1. The molecule has 3 unspecified atom stereocenters. The van der Waals surface area contributed by atoms with E-state index in [1.165, 1.54) is 116 Å². The standard InChI is InChI=1S/C49H91NO5/c1-4-7-10-13-16-19-21-22-23-24-25-27-30-33-36-39-42-49(54)55-45(40-37-34-31-29-26-20-17-14-11-8-5-2)43-48(53)50-46(44-51)47(52)41-38-35-32-28-18-15-12-9-6-3/h7,10,16,19,22-23,45-47,51-52H,4-6,8-9,11-15,17-18,20-21,24-44H2,1-3H3,(H,50,53)/b10-7+,19-16+,23-22+. The molecule has 0 fully saturated rings. The van der Waals surface area contributed by atoms with E-state index >= 15 is 0 Å². The Morgan fingerprint density at radius 3 is 1.49 bits per heavy atom. The van der Waals surface area contributed by atoms with Crippen LogP contribution >= 0.6 is 0 Å². The number of aliphatic hydroxyl groups excluding tert-OH is 2. The number of carbonyl (C=O) groups is 2. The van der Waals surface area contributed by atoms with Gasteiger partial charge < -0.3 is 20.3 Å². The van der Waals surface area contributed by atoms with Crippen LogP contribution in [-0.4, -0.2) is 46.9 Å². The first kappa shape index (κ1) is 53.1. The molecule has 6 heteroatoms. The molecule has 0 aliphatic heterocycles. The van der Waals surface area contributed by atoms with Crippen molar-refractivity contribution in [2.75, 3.05) is 6.61 Å². The molecule has 0 radical (unpaired) electrons. The maximum Gasteiger partial charge on any atom is 0.306 e. The maximum atomic E-state index is 13.1. The Balaban J connectivity index is 4.55. The molecule has 0 aromatic rings. The number of hydrogen-bond donors (Lipinski definition) is 3. The summed E-state index contributed by atoms with van der Waals surface area (Å²) in [5.41, 5.74) is 0. The van der Waals surface area contributed by atoms with Crippen molar-refractivity contribution in [3.05, 3.63) is 36.5 Å². The molecule has 3 atom stereocenters. The van der Waals surface area contributed by atoms with Gasteiger partial charge in [0.2, 0.25) is 5.91 Å². The van der Waals surface area contributed by atoms with Crippen molar-refractivity contribution in [1.29, 1.82) is 0 Å². The van der Waals surface area contributed by atoms with Gasteiger partial charge in [-0.3, -0.25) is 9.59 Å². The highest BCUT2D eigenvalue weighted by molar-refractivity contribution is 5.77. The van der Waals surface area contributed by atoms with Crippen LogP contribution in [0.25, 0.3) is 0 Å². The van der Waals surface area contributed by atoms with Crippen molar-refractivity contribution >= 4 is 11.9 Å². The molecule has 3 N–H and O–H groups in total. The molecule has 1 amide bonds. The minimum atomic E-state index is -0.784. The van der Waals surface area contributed by atoms with Crippen molar-refractivity contribution in [3.8, 4) is 0 Å². The lowest BCUT2D eigenvalue weighted by molar-refractivity contribution is -0.151. The van der Waals surface area contributed by atoms with Crippen LogP contribution in [0.4, 0.5) is 0 Å². The van der Waals surface area contributed by atoms with Crippen molar-refractivity contribution in [2.24, 2.45) is 0 Å². The van der Waals surface area contributed by atoms with Gasteiger partial charge in [0.1, 0.15) is 6.10 Å². The van der Waals surface area contributed by atoms with Crippen molar-refractivity contribution in [3.63, 3.8) is 0 Å². The monoisotopic (exact) mass is 774 g/mol. The summed E-state index contributed by atoms with van der Waals surface area (Å²) < 4.78 is 5.91. The van der Waals surface area contributed by atoms with Crippen LogP contribution in [0.5, 0.6) is 0 Å². The zero-order valence-corrected chi connectivity index (χ0v) is 36.6. The molecule has 0 aromatic heterocycles. The van der Waals surface area contributed by atoms with E-state index < -0.39 is 18.2 Å². The van der Waals surface area contributed by atoms with Gasteiger partial charge in [-0.15, -0.1) is 0 Å². The fourth-order valence-electron chi connectivity index (χ4n) is 7.15. The average molecular weight is 774 g/mol. The highest BCUT2D eigenvalue weighted by atomic mass is 16.5. The van der Waals surface area contributed by atoms with E-state index in [-0.39, 0.29) is 24.9 Å². The number of rotatable bonds is 42. The van der Waals surface area contributed by atoms with E-state index in [0.717, 1.165) is 77.0 Å². The number of hydrogen-bond acceptors (Lipinski definition) is 5. The number of ether oxygens (including phenoxy) is 1. The van der Waals surface area contributed by atoms with E-state index in [9.17, 15) is 19.8 Å². The minimum absolute atomic E-state index is 0.0752. The van der Waals surface area contributed by atoms with Gasteiger partial charge in [0, 0.05) is 6.42 Å². The Hall–Kier alpha value is -1.92. The number of esters is 1. The number of unbranched alkanes of at least 4 members (excludes halogenated alkanes) is 24. The second-order valence-electron chi connectivity index (χ2n) is 16.1. The minimum Gasteiger partial charge on any atom is -0.462 e. The number of aliphatic hydroxyl groups is 2. The van der Waals surface area contributed by atoms with Gasteiger partial charge in [0.05, 0.1) is 25.2 Å². The van der Waals surface area contributed by atoms with Gasteiger partial charge in [-0.05, 0) is 57.8 Å². The quantitative estimate of drug-likeness (QED) is 0.0326. The van der Waals surface area contributed by atoms with Gasteiger partial charge in [-0.25, -0.2) is 0 Å². The van der Waals surface area contributed by atoms with Gasteiger partial charge in [-0.2, -0.15) is 0 Å². The lowest BCUT2D eigenvalue weighted by Crippen LogP contribution is -2.46. The van der Waals surface area contributed by atoms with Crippen LogP contribution in [-0.2, 0) is 14.3 Å². The average Bonchev–Trinajstić information content (AvgIpc) is 3.18. The fraction of sp³-hybridized carbons (Fsp3) is 0.837. The summed E-state index contributed by atoms with van der Waals surface area (Å²) in [5.74, 6) is -0.484. The molecule has 0 bridgehead atoms. The summed E-state index contributed by atoms with van der Waals surface area (Å²) in [6, 6.07) is -0.698. The van der Waals surface area contributed by atoms with Crippen molar-refractivity contribution in [2.45, 2.75) is 257 Å². The lowest BCUT2D eigenvalue weighted by atomic mass is 10.0. The fourth-order valence-corrected chi connectivity index (χ4v) is 7.15. The van der Waals surface area contributed by atoms with Gasteiger partial charge >= 0.3 is 5.97 Å². The zero-order valence-electron chi connectivity index (χ0n) is 36.6. The SMILES string of the molecule is CC/C=C/C/C=C/C/C=C/CCCCCCCCC(=O)OC(CCCCCCCCCCCCC)CC(=O)NC(CO)C(O)CCCCCCCCCCC. The largest absolute Gasteiger partial charge is 0.462 e. The van der Waals surface area contributed by atoms with Gasteiger partial charge in [-0.1, -0.05) is 205 Å². The third-order valence-corrected chi connectivity index (χ3v) is 10.7. The molecule has 6 nitrogen and oxygen atoms in total. The van der Waals surface area contributed by atoms with E-state index in [1.807, 2.05) is 0 Å². The van der Waals surface area contributed by atoms with E-state index in [2.05, 4.69) is 62.5 Å². The van der Waals surface area contributed by atoms with Crippen LogP contribution < -0.4 is 5.32 Å². The van der Waals surface area contributed by atoms with E-state index in [0.29, 0.717) is 19.3 Å². The lowest BCUT2D eigenvalue weighted by Gasteiger charge is -2.24. The third-order valence-electron chi connectivity index (χ3n) is 10.7. The summed E-state index contributed by atoms with van der Waals surface area (Å²) in [7, 11) is 0. The maximum absolute atomic E-state index is 13.1. The molecule has 0 spiro atoms. The number of allylic oxidation sites excluding steroid dienone is 6.